The van der Waals surface area contributed by atoms with Gasteiger partial charge in [0, 0.05) is 36.6 Å². The lowest BCUT2D eigenvalue weighted by molar-refractivity contribution is 0.507. The van der Waals surface area contributed by atoms with Crippen molar-refractivity contribution in [3.8, 4) is 0 Å². The molecule has 140 valence electrons. The Morgan fingerprint density at radius 1 is 1.28 bits per heavy atom. The van der Waals surface area contributed by atoms with Crippen LogP contribution in [0.2, 0.25) is 0 Å². The van der Waals surface area contributed by atoms with Crippen LogP contribution in [0.4, 0.5) is 0 Å². The Morgan fingerprint density at radius 2 is 2.04 bits per heavy atom. The standard InChI is InChI=1S/C17H26N4OS2.HI/c1-13-14(2)24-16(21-13)7-9-19-17(20-10-12-23-3)18-8-6-15-5-4-11-22-15;/h4-5,11H,6-10,12H2,1-3H3,(H2,18,19,20);1H. The highest BCUT2D eigenvalue weighted by atomic mass is 127. The number of hydrogen-bond acceptors (Lipinski definition) is 5. The monoisotopic (exact) mass is 494 g/mol. The zero-order valence-corrected chi connectivity index (χ0v) is 19.0. The van der Waals surface area contributed by atoms with E-state index < -0.39 is 0 Å². The number of thioether (sulfide) groups is 1. The fourth-order valence-electron chi connectivity index (χ4n) is 2.12. The summed E-state index contributed by atoms with van der Waals surface area (Å²) in [7, 11) is 0. The van der Waals surface area contributed by atoms with Crippen LogP contribution in [0.3, 0.4) is 0 Å². The number of rotatable bonds is 9. The summed E-state index contributed by atoms with van der Waals surface area (Å²) in [4.78, 5) is 10.5. The zero-order valence-electron chi connectivity index (χ0n) is 15.0. The van der Waals surface area contributed by atoms with Crippen molar-refractivity contribution in [2.45, 2.75) is 26.7 Å². The van der Waals surface area contributed by atoms with Crippen LogP contribution in [0.5, 0.6) is 0 Å². The van der Waals surface area contributed by atoms with Gasteiger partial charge in [-0.15, -0.1) is 35.3 Å². The van der Waals surface area contributed by atoms with E-state index in [1.165, 1.54) is 9.88 Å². The summed E-state index contributed by atoms with van der Waals surface area (Å²) in [5.74, 6) is 2.87. The molecule has 2 rings (SSSR count). The van der Waals surface area contributed by atoms with Crippen LogP contribution >= 0.6 is 47.1 Å². The minimum Gasteiger partial charge on any atom is -0.469 e. The first-order chi connectivity index (χ1) is 11.7. The quantitative estimate of drug-likeness (QED) is 0.241. The lowest BCUT2D eigenvalue weighted by Crippen LogP contribution is -2.39. The molecule has 2 heterocycles. The molecule has 0 spiro atoms. The summed E-state index contributed by atoms with van der Waals surface area (Å²) >= 11 is 3.58. The molecular weight excluding hydrogens is 467 g/mol. The number of aliphatic imine (C=N–C) groups is 1. The Kier molecular flexibility index (Phi) is 11.2. The number of furan rings is 1. The van der Waals surface area contributed by atoms with Gasteiger partial charge in [-0.1, -0.05) is 0 Å². The number of nitrogens with one attached hydrogen (secondary N) is 2. The van der Waals surface area contributed by atoms with Crippen molar-refractivity contribution in [1.29, 1.82) is 0 Å². The second-order valence-corrected chi connectivity index (χ2v) is 7.68. The van der Waals surface area contributed by atoms with Crippen molar-refractivity contribution >= 4 is 53.0 Å². The molecule has 0 saturated heterocycles. The third-order valence-corrected chi connectivity index (χ3v) is 5.24. The summed E-state index contributed by atoms with van der Waals surface area (Å²) in [6.07, 6.45) is 5.57. The summed E-state index contributed by atoms with van der Waals surface area (Å²) in [5, 5.41) is 7.95. The van der Waals surface area contributed by atoms with Gasteiger partial charge in [-0.25, -0.2) is 4.98 Å². The molecule has 2 N–H and O–H groups in total. The van der Waals surface area contributed by atoms with Gasteiger partial charge in [0.05, 0.1) is 23.5 Å². The van der Waals surface area contributed by atoms with Crippen LogP contribution in [0, 0.1) is 13.8 Å². The molecule has 0 aliphatic heterocycles. The van der Waals surface area contributed by atoms with Gasteiger partial charge < -0.3 is 15.1 Å². The highest BCUT2D eigenvalue weighted by Crippen LogP contribution is 2.16. The molecule has 0 amide bonds. The zero-order chi connectivity index (χ0) is 17.2. The Morgan fingerprint density at radius 3 is 2.64 bits per heavy atom. The van der Waals surface area contributed by atoms with E-state index in [1.807, 2.05) is 12.1 Å². The van der Waals surface area contributed by atoms with E-state index >= 15 is 0 Å². The molecule has 2 aromatic rings. The van der Waals surface area contributed by atoms with Gasteiger partial charge >= 0.3 is 0 Å². The van der Waals surface area contributed by atoms with Gasteiger partial charge in [-0.2, -0.15) is 11.8 Å². The molecule has 0 unspecified atom stereocenters. The minimum atomic E-state index is 0. The molecule has 8 heteroatoms. The van der Waals surface area contributed by atoms with E-state index in [4.69, 9.17) is 4.42 Å². The van der Waals surface area contributed by atoms with Crippen LogP contribution in [0.15, 0.2) is 27.8 Å². The average Bonchev–Trinajstić information content (AvgIpc) is 3.18. The maximum absolute atomic E-state index is 5.36. The van der Waals surface area contributed by atoms with Crippen molar-refractivity contribution in [2.75, 3.05) is 31.6 Å². The van der Waals surface area contributed by atoms with Crippen LogP contribution in [-0.4, -0.2) is 42.6 Å². The van der Waals surface area contributed by atoms with Crippen LogP contribution in [-0.2, 0) is 12.8 Å². The summed E-state index contributed by atoms with van der Waals surface area (Å²) < 4.78 is 5.36. The van der Waals surface area contributed by atoms with E-state index in [2.05, 4.69) is 40.7 Å². The maximum Gasteiger partial charge on any atom is 0.191 e. The molecule has 0 aromatic carbocycles. The first kappa shape index (κ1) is 22.3. The number of nitrogens with zero attached hydrogens (tertiary/aromatic N) is 2. The number of aromatic nitrogens is 1. The van der Waals surface area contributed by atoms with E-state index in [9.17, 15) is 0 Å². The summed E-state index contributed by atoms with van der Waals surface area (Å²) in [5.41, 5.74) is 1.14. The second kappa shape index (κ2) is 12.6. The summed E-state index contributed by atoms with van der Waals surface area (Å²) in [6, 6.07) is 3.91. The second-order valence-electron chi connectivity index (χ2n) is 5.41. The molecule has 0 atom stereocenters. The molecule has 0 aliphatic rings. The highest BCUT2D eigenvalue weighted by Gasteiger charge is 2.05. The largest absolute Gasteiger partial charge is 0.469 e. The lowest BCUT2D eigenvalue weighted by atomic mass is 10.3. The van der Waals surface area contributed by atoms with Crippen molar-refractivity contribution in [3.05, 3.63) is 39.7 Å². The first-order valence-electron chi connectivity index (χ1n) is 8.15. The highest BCUT2D eigenvalue weighted by molar-refractivity contribution is 14.0. The topological polar surface area (TPSA) is 62.5 Å². The molecule has 0 bridgehead atoms. The third kappa shape index (κ3) is 8.46. The van der Waals surface area contributed by atoms with Gasteiger partial charge in [-0.3, -0.25) is 4.99 Å². The fourth-order valence-corrected chi connectivity index (χ4v) is 3.32. The first-order valence-corrected chi connectivity index (χ1v) is 10.4. The summed E-state index contributed by atoms with van der Waals surface area (Å²) in [6.45, 7) is 6.63. The Balaban J connectivity index is 0.00000312. The van der Waals surface area contributed by atoms with Crippen LogP contribution in [0.1, 0.15) is 21.3 Å². The van der Waals surface area contributed by atoms with Gasteiger partial charge in [0.15, 0.2) is 5.96 Å². The van der Waals surface area contributed by atoms with Gasteiger partial charge in [0.1, 0.15) is 5.76 Å². The Hall–Kier alpha value is -0.740. The van der Waals surface area contributed by atoms with E-state index in [0.717, 1.165) is 55.6 Å². The van der Waals surface area contributed by atoms with E-state index in [1.54, 1.807) is 29.4 Å². The van der Waals surface area contributed by atoms with Crippen molar-refractivity contribution in [2.24, 2.45) is 4.99 Å². The SMILES string of the molecule is CSCCN=C(NCCc1ccco1)NCCc1nc(C)c(C)s1.I. The van der Waals surface area contributed by atoms with E-state index in [-0.39, 0.29) is 24.0 Å². The van der Waals surface area contributed by atoms with Crippen LogP contribution in [0.25, 0.3) is 0 Å². The number of aryl methyl sites for hydroxylation is 2. The molecule has 0 radical (unpaired) electrons. The molecule has 0 saturated carbocycles. The molecule has 0 aliphatic carbocycles. The van der Waals surface area contributed by atoms with Gasteiger partial charge in [-0.05, 0) is 32.2 Å². The normalized spacial score (nSPS) is 11.2. The Labute approximate surface area is 175 Å². The average molecular weight is 494 g/mol. The predicted octanol–water partition coefficient (Wildman–Crippen LogP) is 3.65. The number of halogens is 1. The van der Waals surface area contributed by atoms with Gasteiger partial charge in [0.25, 0.3) is 0 Å². The number of guanidine groups is 1. The predicted molar refractivity (Wildman–Crippen MR) is 120 cm³/mol. The molecule has 25 heavy (non-hydrogen) atoms. The maximum atomic E-state index is 5.36. The minimum absolute atomic E-state index is 0. The van der Waals surface area contributed by atoms with Gasteiger partial charge in [0.2, 0.25) is 0 Å². The number of thiazole rings is 1. The third-order valence-electron chi connectivity index (χ3n) is 3.51. The molecule has 2 aromatic heterocycles. The Bertz CT molecular complexity index is 609. The lowest BCUT2D eigenvalue weighted by Gasteiger charge is -2.11. The van der Waals surface area contributed by atoms with E-state index in [0.29, 0.717) is 0 Å². The van der Waals surface area contributed by atoms with Crippen molar-refractivity contribution < 1.29 is 4.42 Å². The van der Waals surface area contributed by atoms with Crippen molar-refractivity contribution in [1.82, 2.24) is 15.6 Å². The number of hydrogen-bond donors (Lipinski definition) is 2. The van der Waals surface area contributed by atoms with Crippen molar-refractivity contribution in [3.63, 3.8) is 0 Å². The molecular formula is C17H27IN4OS2. The smallest absolute Gasteiger partial charge is 0.191 e. The fraction of sp³-hybridized carbons (Fsp3) is 0.529. The molecule has 5 nitrogen and oxygen atoms in total. The molecule has 0 fully saturated rings. The van der Waals surface area contributed by atoms with Crippen LogP contribution < -0.4 is 10.6 Å².